The fraction of sp³-hybridized carbons (Fsp3) is 0.450. The van der Waals surface area contributed by atoms with Crippen molar-refractivity contribution < 1.29 is 14.3 Å². The van der Waals surface area contributed by atoms with Gasteiger partial charge in [-0.05, 0) is 51.6 Å². The number of benzene rings is 1. The first-order chi connectivity index (χ1) is 13.3. The quantitative estimate of drug-likeness (QED) is 0.726. The summed E-state index contributed by atoms with van der Waals surface area (Å²) < 4.78 is 6.84. The van der Waals surface area contributed by atoms with Crippen LogP contribution < -0.4 is 15.4 Å². The molecule has 2 rings (SSSR count). The molecule has 8 heteroatoms. The number of ether oxygens (including phenoxy) is 1. The summed E-state index contributed by atoms with van der Waals surface area (Å²) in [6.45, 7) is 8.15. The van der Waals surface area contributed by atoms with Crippen LogP contribution in [-0.4, -0.2) is 52.7 Å². The zero-order valence-electron chi connectivity index (χ0n) is 17.4. The topological polar surface area (TPSA) is 88.5 Å². The van der Waals surface area contributed by atoms with E-state index in [4.69, 9.17) is 4.74 Å². The van der Waals surface area contributed by atoms with E-state index >= 15 is 0 Å². The second kappa shape index (κ2) is 9.36. The highest BCUT2D eigenvalue weighted by Gasteiger charge is 2.24. The van der Waals surface area contributed by atoms with Gasteiger partial charge in [0.2, 0.25) is 11.8 Å². The molecule has 0 bridgehead atoms. The largest absolute Gasteiger partial charge is 0.497 e. The number of rotatable bonds is 8. The molecular weight excluding hydrogens is 358 g/mol. The lowest BCUT2D eigenvalue weighted by Gasteiger charge is -2.26. The number of nitrogens with one attached hydrogen (secondary N) is 2. The minimum absolute atomic E-state index is 0.113. The third-order valence-corrected chi connectivity index (χ3v) is 4.81. The van der Waals surface area contributed by atoms with Gasteiger partial charge in [-0.25, -0.2) is 0 Å². The van der Waals surface area contributed by atoms with Crippen molar-refractivity contribution in [2.75, 3.05) is 30.8 Å². The Bertz CT molecular complexity index is 829. The summed E-state index contributed by atoms with van der Waals surface area (Å²) in [5.74, 6) is 0.373. The van der Waals surface area contributed by atoms with Crippen LogP contribution in [0.1, 0.15) is 25.2 Å². The Morgan fingerprint density at radius 1 is 1.21 bits per heavy atom. The Morgan fingerprint density at radius 3 is 2.36 bits per heavy atom. The van der Waals surface area contributed by atoms with Crippen LogP contribution in [-0.2, 0) is 16.6 Å². The fourth-order valence-corrected chi connectivity index (χ4v) is 2.93. The number of hydrogen-bond acceptors (Lipinski definition) is 5. The highest BCUT2D eigenvalue weighted by Crippen LogP contribution is 2.19. The molecule has 1 aromatic carbocycles. The van der Waals surface area contributed by atoms with Gasteiger partial charge < -0.3 is 15.4 Å². The second-order valence-corrected chi connectivity index (χ2v) is 6.67. The van der Waals surface area contributed by atoms with Gasteiger partial charge in [-0.1, -0.05) is 6.92 Å². The number of anilines is 2. The molecule has 1 aromatic heterocycles. The van der Waals surface area contributed by atoms with Crippen LogP contribution >= 0.6 is 0 Å². The summed E-state index contributed by atoms with van der Waals surface area (Å²) in [5.41, 5.74) is 3.05. The molecule has 0 fully saturated rings. The molecule has 0 saturated heterocycles. The molecule has 0 aliphatic carbocycles. The lowest BCUT2D eigenvalue weighted by Crippen LogP contribution is -2.45. The van der Waals surface area contributed by atoms with Crippen molar-refractivity contribution in [1.29, 1.82) is 0 Å². The molecule has 1 atom stereocenters. The molecule has 8 nitrogen and oxygen atoms in total. The highest BCUT2D eigenvalue weighted by molar-refractivity contribution is 5.97. The minimum atomic E-state index is -0.467. The molecule has 28 heavy (non-hydrogen) atoms. The molecule has 1 heterocycles. The summed E-state index contributed by atoms with van der Waals surface area (Å²) in [6.07, 6.45) is 0. The van der Waals surface area contributed by atoms with E-state index in [1.807, 2.05) is 32.7 Å². The van der Waals surface area contributed by atoms with Gasteiger partial charge in [0, 0.05) is 12.7 Å². The molecule has 0 saturated carbocycles. The van der Waals surface area contributed by atoms with Gasteiger partial charge in [0.25, 0.3) is 0 Å². The number of likely N-dealkylation sites (N-methyl/N-ethyl adjacent to an activating group) is 1. The first-order valence-electron chi connectivity index (χ1n) is 9.25. The normalized spacial score (nSPS) is 12.0. The maximum Gasteiger partial charge on any atom is 0.241 e. The number of hydrogen-bond donors (Lipinski definition) is 2. The van der Waals surface area contributed by atoms with E-state index in [2.05, 4.69) is 15.7 Å². The van der Waals surface area contributed by atoms with Gasteiger partial charge in [0.1, 0.15) is 5.75 Å². The van der Waals surface area contributed by atoms with Crippen LogP contribution in [0.25, 0.3) is 0 Å². The summed E-state index contributed by atoms with van der Waals surface area (Å²) in [6, 6.07) is 6.64. The van der Waals surface area contributed by atoms with Crippen LogP contribution in [0, 0.1) is 13.8 Å². The predicted molar refractivity (Wildman–Crippen MR) is 110 cm³/mol. The molecule has 0 unspecified atom stereocenters. The summed E-state index contributed by atoms with van der Waals surface area (Å²) in [7, 11) is 3.43. The van der Waals surface area contributed by atoms with E-state index in [1.54, 1.807) is 43.0 Å². The van der Waals surface area contributed by atoms with Crippen LogP contribution in [0.3, 0.4) is 0 Å². The number of aryl methyl sites for hydroxylation is 2. The molecule has 0 aliphatic heterocycles. The number of aromatic nitrogens is 2. The van der Waals surface area contributed by atoms with Crippen molar-refractivity contribution in [2.24, 2.45) is 7.05 Å². The number of carbonyl (C=O) groups excluding carboxylic acids is 2. The van der Waals surface area contributed by atoms with E-state index in [-0.39, 0.29) is 18.4 Å². The van der Waals surface area contributed by atoms with E-state index < -0.39 is 6.04 Å². The maximum absolute atomic E-state index is 12.7. The summed E-state index contributed by atoms with van der Waals surface area (Å²) in [5, 5.41) is 10.1. The number of nitrogens with zero attached hydrogens (tertiary/aromatic N) is 3. The highest BCUT2D eigenvalue weighted by atomic mass is 16.5. The van der Waals surface area contributed by atoms with Gasteiger partial charge in [0.15, 0.2) is 0 Å². The summed E-state index contributed by atoms with van der Waals surface area (Å²) >= 11 is 0. The van der Waals surface area contributed by atoms with Crippen molar-refractivity contribution in [1.82, 2.24) is 14.7 Å². The third-order valence-electron chi connectivity index (χ3n) is 4.81. The second-order valence-electron chi connectivity index (χ2n) is 6.67. The molecule has 0 aliphatic rings. The standard InChI is InChI=1S/C20H29N5O3/c1-7-25(12-18(26)21-16-8-10-17(28-6)11-9-16)15(4)20(27)22-19-13(2)23-24(5)14(19)3/h8-11,15H,7,12H2,1-6H3,(H,21,26)(H,22,27)/t15-/m0/s1. The van der Waals surface area contributed by atoms with E-state index in [1.165, 1.54) is 0 Å². The zero-order valence-corrected chi connectivity index (χ0v) is 17.4. The molecule has 152 valence electrons. The molecule has 2 N–H and O–H groups in total. The monoisotopic (exact) mass is 387 g/mol. The Labute approximate surface area is 165 Å². The van der Waals surface area contributed by atoms with Crippen LogP contribution in [0.15, 0.2) is 24.3 Å². The fourth-order valence-electron chi connectivity index (χ4n) is 2.93. The summed E-state index contributed by atoms with van der Waals surface area (Å²) in [4.78, 5) is 26.9. The molecule has 2 aromatic rings. The molecule has 2 amide bonds. The first-order valence-corrected chi connectivity index (χ1v) is 9.25. The average Bonchev–Trinajstić information content (AvgIpc) is 2.92. The average molecular weight is 387 g/mol. The predicted octanol–water partition coefficient (Wildman–Crippen LogP) is 2.33. The minimum Gasteiger partial charge on any atom is -0.497 e. The Morgan fingerprint density at radius 2 is 1.86 bits per heavy atom. The van der Waals surface area contributed by atoms with E-state index in [0.29, 0.717) is 12.2 Å². The first kappa shape index (κ1) is 21.4. The van der Waals surface area contributed by atoms with Crippen molar-refractivity contribution in [3.05, 3.63) is 35.7 Å². The third kappa shape index (κ3) is 5.10. The van der Waals surface area contributed by atoms with Gasteiger partial charge in [-0.2, -0.15) is 5.10 Å². The van der Waals surface area contributed by atoms with Gasteiger partial charge in [0.05, 0.1) is 36.8 Å². The smallest absolute Gasteiger partial charge is 0.241 e. The number of amides is 2. The zero-order chi connectivity index (χ0) is 20.8. The lowest BCUT2D eigenvalue weighted by atomic mass is 10.2. The lowest BCUT2D eigenvalue weighted by molar-refractivity contribution is -0.123. The molecular formula is C20H29N5O3. The van der Waals surface area contributed by atoms with Crippen LogP contribution in [0.4, 0.5) is 11.4 Å². The van der Waals surface area contributed by atoms with Crippen LogP contribution in [0.2, 0.25) is 0 Å². The number of carbonyl (C=O) groups is 2. The van der Waals surface area contributed by atoms with E-state index in [9.17, 15) is 9.59 Å². The van der Waals surface area contributed by atoms with E-state index in [0.717, 1.165) is 22.8 Å². The van der Waals surface area contributed by atoms with Crippen molar-refractivity contribution >= 4 is 23.2 Å². The SMILES string of the molecule is CCN(CC(=O)Nc1ccc(OC)cc1)[C@@H](C)C(=O)Nc1c(C)nn(C)c1C. The van der Waals surface area contributed by atoms with Gasteiger partial charge in [-0.3, -0.25) is 19.2 Å². The van der Waals surface area contributed by atoms with Crippen LogP contribution in [0.5, 0.6) is 5.75 Å². The Kier molecular flexibility index (Phi) is 7.17. The van der Waals surface area contributed by atoms with Crippen molar-refractivity contribution in [3.8, 4) is 5.75 Å². The Hall–Kier alpha value is -2.87. The van der Waals surface area contributed by atoms with Crippen molar-refractivity contribution in [2.45, 2.75) is 33.7 Å². The van der Waals surface area contributed by atoms with Crippen molar-refractivity contribution in [3.63, 3.8) is 0 Å². The molecule has 0 spiro atoms. The van der Waals surface area contributed by atoms with Gasteiger partial charge in [-0.15, -0.1) is 0 Å². The molecule has 0 radical (unpaired) electrons. The van der Waals surface area contributed by atoms with Gasteiger partial charge >= 0.3 is 0 Å². The Balaban J connectivity index is 1.98. The number of methoxy groups -OCH3 is 1. The maximum atomic E-state index is 12.7.